The second-order valence-electron chi connectivity index (χ2n) is 5.04. The summed E-state index contributed by atoms with van der Waals surface area (Å²) in [6.45, 7) is 0.364. The number of hydrogen-bond donors (Lipinski definition) is 1. The van der Waals surface area contributed by atoms with E-state index in [2.05, 4.69) is 5.32 Å². The van der Waals surface area contributed by atoms with Gasteiger partial charge in [-0.2, -0.15) is 0 Å². The molecule has 0 aliphatic heterocycles. The highest BCUT2D eigenvalue weighted by Gasteiger charge is 2.23. The lowest BCUT2D eigenvalue weighted by atomic mass is 9.83. The van der Waals surface area contributed by atoms with Crippen LogP contribution in [0.5, 0.6) is 0 Å². The van der Waals surface area contributed by atoms with E-state index in [1.165, 1.54) is 6.42 Å². The first kappa shape index (κ1) is 16.2. The molecule has 2 rings (SSSR count). The van der Waals surface area contributed by atoms with Gasteiger partial charge in [-0.25, -0.2) is 17.2 Å². The van der Waals surface area contributed by atoms with Crippen LogP contribution in [0.3, 0.4) is 0 Å². The summed E-state index contributed by atoms with van der Waals surface area (Å²) in [5, 5.41) is 2.50. The fourth-order valence-electron chi connectivity index (χ4n) is 2.16. The van der Waals surface area contributed by atoms with E-state index in [9.17, 15) is 22.0 Å². The fourth-order valence-corrected chi connectivity index (χ4v) is 3.06. The zero-order valence-corrected chi connectivity index (χ0v) is 12.6. The van der Waals surface area contributed by atoms with E-state index in [4.69, 9.17) is 10.7 Å². The molecule has 1 N–H and O–H groups in total. The van der Waals surface area contributed by atoms with Gasteiger partial charge in [0.25, 0.3) is 15.0 Å². The Labute approximate surface area is 125 Å². The van der Waals surface area contributed by atoms with Crippen molar-refractivity contribution in [3.8, 4) is 0 Å². The lowest BCUT2D eigenvalue weighted by molar-refractivity contribution is 0.0944. The topological polar surface area (TPSA) is 63.2 Å². The summed E-state index contributed by atoms with van der Waals surface area (Å²) in [6, 6.07) is 0.960. The van der Waals surface area contributed by atoms with Gasteiger partial charge in [0.1, 0.15) is 16.5 Å². The number of halogens is 3. The molecule has 0 unspecified atom stereocenters. The molecule has 0 saturated heterocycles. The Hall–Kier alpha value is -1.21. The number of carbonyl (C=O) groups is 1. The highest BCUT2D eigenvalue weighted by Crippen LogP contribution is 2.28. The van der Waals surface area contributed by atoms with Crippen LogP contribution in [0.15, 0.2) is 17.0 Å². The highest BCUT2D eigenvalue weighted by molar-refractivity contribution is 8.13. The molecule has 1 amide bonds. The van der Waals surface area contributed by atoms with E-state index < -0.39 is 37.1 Å². The summed E-state index contributed by atoms with van der Waals surface area (Å²) in [7, 11) is 0.659. The Balaban J connectivity index is 2.12. The Morgan fingerprint density at radius 3 is 2.48 bits per heavy atom. The number of carbonyl (C=O) groups excluding carboxylic acids is 1. The van der Waals surface area contributed by atoms with E-state index in [0.29, 0.717) is 24.6 Å². The first-order chi connectivity index (χ1) is 9.79. The average molecular weight is 338 g/mol. The molecule has 1 fully saturated rings. The van der Waals surface area contributed by atoms with Crippen LogP contribution in [0, 0.1) is 17.6 Å². The average Bonchev–Trinajstić information content (AvgIpc) is 2.30. The smallest absolute Gasteiger partial charge is 0.264 e. The van der Waals surface area contributed by atoms with Crippen molar-refractivity contribution in [1.29, 1.82) is 0 Å². The maximum Gasteiger partial charge on any atom is 0.264 e. The molecule has 21 heavy (non-hydrogen) atoms. The maximum atomic E-state index is 13.6. The molecule has 0 spiro atoms. The van der Waals surface area contributed by atoms with E-state index in [-0.39, 0.29) is 0 Å². The molecule has 1 aliphatic carbocycles. The maximum absolute atomic E-state index is 13.6. The minimum absolute atomic E-state index is 0.343. The summed E-state index contributed by atoms with van der Waals surface area (Å²) in [6.07, 6.45) is 4.21. The summed E-state index contributed by atoms with van der Waals surface area (Å²) in [5.41, 5.74) is -0.538. The van der Waals surface area contributed by atoms with Gasteiger partial charge in [-0.05, 0) is 18.4 Å². The molecule has 0 radical (unpaired) electrons. The zero-order chi connectivity index (χ0) is 15.6. The highest BCUT2D eigenvalue weighted by atomic mass is 35.7. The van der Waals surface area contributed by atoms with Crippen LogP contribution in [0.25, 0.3) is 0 Å². The van der Waals surface area contributed by atoms with Gasteiger partial charge in [-0.1, -0.05) is 19.3 Å². The molecule has 4 nitrogen and oxygen atoms in total. The molecule has 1 aromatic rings. The summed E-state index contributed by atoms with van der Waals surface area (Å²) < 4.78 is 49.3. The number of nitrogens with one attached hydrogen (secondary N) is 1. The Bertz CT molecular complexity index is 660. The van der Waals surface area contributed by atoms with Crippen molar-refractivity contribution in [3.63, 3.8) is 0 Å². The largest absolute Gasteiger partial charge is 0.352 e. The van der Waals surface area contributed by atoms with Crippen LogP contribution in [0.1, 0.15) is 36.0 Å². The molecule has 0 aromatic heterocycles. The van der Waals surface area contributed by atoms with Crippen molar-refractivity contribution in [3.05, 3.63) is 29.3 Å². The lowest BCUT2D eigenvalue weighted by Crippen LogP contribution is -2.28. The van der Waals surface area contributed by atoms with Gasteiger partial charge in [-0.15, -0.1) is 0 Å². The fraction of sp³-hybridized carbons (Fsp3) is 0.462. The lowest BCUT2D eigenvalue weighted by Gasteiger charge is -2.25. The van der Waals surface area contributed by atoms with Crippen LogP contribution in [-0.2, 0) is 9.05 Å². The second-order valence-corrected chi connectivity index (χ2v) is 7.58. The molecular weight excluding hydrogens is 324 g/mol. The van der Waals surface area contributed by atoms with Crippen molar-refractivity contribution in [2.75, 3.05) is 6.54 Å². The standard InChI is InChI=1S/C13H14ClF2NO3S/c14-21(19,20)12-6-9(10(15)7-11(12)16)13(18)17-5-4-8-2-1-3-8/h6-8H,1-5H2,(H,17,18). The SMILES string of the molecule is O=C(NCCC1CCC1)c1cc(S(=O)(=O)Cl)c(F)cc1F. The van der Waals surface area contributed by atoms with Crippen molar-refractivity contribution in [2.45, 2.75) is 30.6 Å². The molecule has 8 heteroatoms. The molecule has 1 aliphatic rings. The predicted octanol–water partition coefficient (Wildman–Crippen LogP) is 2.81. The van der Waals surface area contributed by atoms with Gasteiger partial charge in [0, 0.05) is 23.3 Å². The van der Waals surface area contributed by atoms with E-state index in [1.54, 1.807) is 0 Å². The monoisotopic (exact) mass is 337 g/mol. The van der Waals surface area contributed by atoms with Crippen molar-refractivity contribution in [2.24, 2.45) is 5.92 Å². The van der Waals surface area contributed by atoms with Gasteiger partial charge in [-0.3, -0.25) is 4.79 Å². The number of amides is 1. The van der Waals surface area contributed by atoms with Gasteiger partial charge in [0.05, 0.1) is 5.56 Å². The van der Waals surface area contributed by atoms with Crippen molar-refractivity contribution >= 4 is 25.6 Å². The molecule has 0 atom stereocenters. The molecule has 1 aromatic carbocycles. The van der Waals surface area contributed by atoms with Gasteiger partial charge in [0.15, 0.2) is 0 Å². The summed E-state index contributed by atoms with van der Waals surface area (Å²) in [5.74, 6) is -2.67. The van der Waals surface area contributed by atoms with Crippen LogP contribution < -0.4 is 5.32 Å². The van der Waals surface area contributed by atoms with Gasteiger partial charge in [0.2, 0.25) is 0 Å². The minimum atomic E-state index is -4.38. The van der Waals surface area contributed by atoms with Crippen LogP contribution >= 0.6 is 10.7 Å². The third-order valence-electron chi connectivity index (χ3n) is 3.59. The van der Waals surface area contributed by atoms with E-state index in [1.807, 2.05) is 0 Å². The number of rotatable bonds is 5. The Morgan fingerprint density at radius 1 is 1.29 bits per heavy atom. The first-order valence-electron chi connectivity index (χ1n) is 6.51. The van der Waals surface area contributed by atoms with Gasteiger partial charge >= 0.3 is 0 Å². The van der Waals surface area contributed by atoms with Gasteiger partial charge < -0.3 is 5.32 Å². The summed E-state index contributed by atoms with van der Waals surface area (Å²) >= 11 is 0. The third-order valence-corrected chi connectivity index (χ3v) is 4.93. The zero-order valence-electron chi connectivity index (χ0n) is 11.0. The molecule has 0 bridgehead atoms. The van der Waals surface area contributed by atoms with E-state index >= 15 is 0 Å². The predicted molar refractivity (Wildman–Crippen MR) is 73.7 cm³/mol. The number of benzene rings is 1. The molecule has 116 valence electrons. The van der Waals surface area contributed by atoms with E-state index in [0.717, 1.165) is 19.3 Å². The minimum Gasteiger partial charge on any atom is -0.352 e. The van der Waals surface area contributed by atoms with Crippen LogP contribution in [0.2, 0.25) is 0 Å². The second kappa shape index (κ2) is 6.27. The normalized spacial score (nSPS) is 15.6. The third kappa shape index (κ3) is 3.91. The van der Waals surface area contributed by atoms with Crippen LogP contribution in [0.4, 0.5) is 8.78 Å². The van der Waals surface area contributed by atoms with Crippen molar-refractivity contribution in [1.82, 2.24) is 5.32 Å². The Kier molecular flexibility index (Phi) is 4.83. The summed E-state index contributed by atoms with van der Waals surface area (Å²) in [4.78, 5) is 10.9. The quantitative estimate of drug-likeness (QED) is 0.840. The van der Waals surface area contributed by atoms with Crippen molar-refractivity contribution < 1.29 is 22.0 Å². The first-order valence-corrected chi connectivity index (χ1v) is 8.82. The molecule has 0 heterocycles. The molecular formula is C13H14ClF2NO3S. The Morgan fingerprint density at radius 2 is 1.95 bits per heavy atom. The number of hydrogen-bond acceptors (Lipinski definition) is 3. The molecule has 1 saturated carbocycles. The van der Waals surface area contributed by atoms with Crippen LogP contribution in [-0.4, -0.2) is 20.9 Å².